The van der Waals surface area contributed by atoms with Gasteiger partial charge in [-0.3, -0.25) is 4.79 Å². The summed E-state index contributed by atoms with van der Waals surface area (Å²) in [5, 5.41) is 2.91. The zero-order valence-corrected chi connectivity index (χ0v) is 9.13. The molecule has 0 radical (unpaired) electrons. The van der Waals surface area contributed by atoms with Crippen molar-refractivity contribution in [3.05, 3.63) is 0 Å². The molecule has 2 saturated carbocycles. The standard InChI is InChI=1S/C11H20N2O2/c12-8-11(5-1-2-6-11)15-7-10(14)13-9-3-4-9/h9H,1-8,12H2,(H,13,14). The van der Waals surface area contributed by atoms with Gasteiger partial charge in [0.25, 0.3) is 0 Å². The van der Waals surface area contributed by atoms with Crippen LogP contribution in [0.5, 0.6) is 0 Å². The lowest BCUT2D eigenvalue weighted by Crippen LogP contribution is -2.41. The number of carbonyl (C=O) groups excluding carboxylic acids is 1. The van der Waals surface area contributed by atoms with Crippen LogP contribution in [0.15, 0.2) is 0 Å². The first-order valence-corrected chi connectivity index (χ1v) is 5.87. The molecule has 4 nitrogen and oxygen atoms in total. The second-order valence-electron chi connectivity index (χ2n) is 4.72. The SMILES string of the molecule is NCC1(OCC(=O)NC2CC2)CCCC1. The van der Waals surface area contributed by atoms with Gasteiger partial charge in [-0.1, -0.05) is 12.8 Å². The first-order chi connectivity index (χ1) is 7.24. The number of rotatable bonds is 5. The highest BCUT2D eigenvalue weighted by Crippen LogP contribution is 2.32. The number of carbonyl (C=O) groups is 1. The van der Waals surface area contributed by atoms with Gasteiger partial charge in [0.05, 0.1) is 5.60 Å². The van der Waals surface area contributed by atoms with E-state index in [1.807, 2.05) is 0 Å². The van der Waals surface area contributed by atoms with Crippen LogP contribution in [-0.2, 0) is 9.53 Å². The summed E-state index contributed by atoms with van der Waals surface area (Å²) in [7, 11) is 0. The van der Waals surface area contributed by atoms with E-state index >= 15 is 0 Å². The predicted molar refractivity (Wildman–Crippen MR) is 57.4 cm³/mol. The maximum Gasteiger partial charge on any atom is 0.246 e. The predicted octanol–water partition coefficient (Wildman–Crippen LogP) is 0.553. The van der Waals surface area contributed by atoms with Gasteiger partial charge in [0.15, 0.2) is 0 Å². The lowest BCUT2D eigenvalue weighted by Gasteiger charge is -2.27. The maximum absolute atomic E-state index is 11.4. The van der Waals surface area contributed by atoms with Gasteiger partial charge in [0.2, 0.25) is 5.91 Å². The van der Waals surface area contributed by atoms with E-state index in [1.165, 1.54) is 12.8 Å². The average molecular weight is 212 g/mol. The summed E-state index contributed by atoms with van der Waals surface area (Å²) in [5.74, 6) is 0.0113. The largest absolute Gasteiger partial charge is 0.364 e. The lowest BCUT2D eigenvalue weighted by molar-refractivity contribution is -0.132. The van der Waals surface area contributed by atoms with Crippen molar-refractivity contribution < 1.29 is 9.53 Å². The van der Waals surface area contributed by atoms with Gasteiger partial charge in [0, 0.05) is 12.6 Å². The highest BCUT2D eigenvalue weighted by atomic mass is 16.5. The summed E-state index contributed by atoms with van der Waals surface area (Å²) in [6.07, 6.45) is 6.57. The van der Waals surface area contributed by atoms with Crippen LogP contribution < -0.4 is 11.1 Å². The van der Waals surface area contributed by atoms with Gasteiger partial charge in [0.1, 0.15) is 6.61 Å². The van der Waals surface area contributed by atoms with Crippen LogP contribution in [0.4, 0.5) is 0 Å². The molecule has 1 amide bonds. The molecule has 2 aliphatic carbocycles. The molecule has 0 aromatic heterocycles. The van der Waals surface area contributed by atoms with Gasteiger partial charge in [-0.05, 0) is 25.7 Å². The van der Waals surface area contributed by atoms with E-state index in [1.54, 1.807) is 0 Å². The molecule has 3 N–H and O–H groups in total. The first kappa shape index (κ1) is 10.9. The summed E-state index contributed by atoms with van der Waals surface area (Å²) >= 11 is 0. The summed E-state index contributed by atoms with van der Waals surface area (Å²) in [5.41, 5.74) is 5.50. The van der Waals surface area contributed by atoms with E-state index in [-0.39, 0.29) is 18.1 Å². The van der Waals surface area contributed by atoms with Crippen molar-refractivity contribution in [3.8, 4) is 0 Å². The normalized spacial score (nSPS) is 24.1. The van der Waals surface area contributed by atoms with Crippen molar-refractivity contribution in [2.45, 2.75) is 50.2 Å². The Hall–Kier alpha value is -0.610. The third-order valence-corrected chi connectivity index (χ3v) is 3.34. The smallest absolute Gasteiger partial charge is 0.246 e. The molecule has 0 saturated heterocycles. The topological polar surface area (TPSA) is 64.3 Å². The number of hydrogen-bond donors (Lipinski definition) is 2. The Labute approximate surface area is 90.5 Å². The number of nitrogens with two attached hydrogens (primary N) is 1. The minimum atomic E-state index is -0.207. The van der Waals surface area contributed by atoms with Crippen LogP contribution in [0.25, 0.3) is 0 Å². The third-order valence-electron chi connectivity index (χ3n) is 3.34. The number of hydrogen-bond acceptors (Lipinski definition) is 3. The fourth-order valence-electron chi connectivity index (χ4n) is 2.14. The van der Waals surface area contributed by atoms with E-state index < -0.39 is 0 Å². The first-order valence-electron chi connectivity index (χ1n) is 5.87. The van der Waals surface area contributed by atoms with Crippen molar-refractivity contribution in [1.82, 2.24) is 5.32 Å². The van der Waals surface area contributed by atoms with E-state index in [9.17, 15) is 4.79 Å². The van der Waals surface area contributed by atoms with Crippen LogP contribution in [0.1, 0.15) is 38.5 Å². The van der Waals surface area contributed by atoms with Crippen LogP contribution in [0, 0.1) is 0 Å². The minimum absolute atomic E-state index is 0.0113. The van der Waals surface area contributed by atoms with Crippen LogP contribution in [0.3, 0.4) is 0 Å². The van der Waals surface area contributed by atoms with E-state index in [0.717, 1.165) is 25.7 Å². The van der Waals surface area contributed by atoms with Crippen LogP contribution >= 0.6 is 0 Å². The Balaban J connectivity index is 1.72. The second kappa shape index (κ2) is 4.49. The van der Waals surface area contributed by atoms with Crippen molar-refractivity contribution in [1.29, 1.82) is 0 Å². The molecule has 86 valence electrons. The molecule has 2 rings (SSSR count). The summed E-state index contributed by atoms with van der Waals surface area (Å²) in [6.45, 7) is 0.706. The molecule has 0 bridgehead atoms. The molecule has 0 aromatic rings. The van der Waals surface area contributed by atoms with E-state index in [2.05, 4.69) is 5.32 Å². The monoisotopic (exact) mass is 212 g/mol. The van der Waals surface area contributed by atoms with Gasteiger partial charge in [-0.25, -0.2) is 0 Å². The van der Waals surface area contributed by atoms with Gasteiger partial charge in [-0.2, -0.15) is 0 Å². The Bertz CT molecular complexity index is 233. The Kier molecular flexibility index (Phi) is 3.26. The molecule has 0 heterocycles. The van der Waals surface area contributed by atoms with Crippen molar-refractivity contribution in [2.75, 3.05) is 13.2 Å². The molecule has 4 heteroatoms. The van der Waals surface area contributed by atoms with Crippen molar-refractivity contribution in [3.63, 3.8) is 0 Å². The zero-order valence-electron chi connectivity index (χ0n) is 9.13. The number of ether oxygens (including phenoxy) is 1. The molecule has 0 atom stereocenters. The molecule has 2 aliphatic rings. The minimum Gasteiger partial charge on any atom is -0.364 e. The average Bonchev–Trinajstić information content (AvgIpc) is 2.93. The molecular formula is C11H20N2O2. The van der Waals surface area contributed by atoms with Gasteiger partial charge >= 0.3 is 0 Å². The third kappa shape index (κ3) is 2.92. The number of nitrogens with one attached hydrogen (secondary N) is 1. The van der Waals surface area contributed by atoms with E-state index in [0.29, 0.717) is 12.6 Å². The summed E-state index contributed by atoms with van der Waals surface area (Å²) in [4.78, 5) is 11.4. The molecular weight excluding hydrogens is 192 g/mol. The van der Waals surface area contributed by atoms with Gasteiger partial charge in [-0.15, -0.1) is 0 Å². The zero-order chi connectivity index (χ0) is 10.7. The van der Waals surface area contributed by atoms with Crippen LogP contribution in [0.2, 0.25) is 0 Å². The fourth-order valence-corrected chi connectivity index (χ4v) is 2.14. The maximum atomic E-state index is 11.4. The molecule has 0 aliphatic heterocycles. The summed E-state index contributed by atoms with van der Waals surface area (Å²) < 4.78 is 5.69. The summed E-state index contributed by atoms with van der Waals surface area (Å²) in [6, 6.07) is 0.415. The van der Waals surface area contributed by atoms with Gasteiger partial charge < -0.3 is 15.8 Å². The molecule has 15 heavy (non-hydrogen) atoms. The quantitative estimate of drug-likeness (QED) is 0.699. The molecule has 0 spiro atoms. The van der Waals surface area contributed by atoms with E-state index in [4.69, 9.17) is 10.5 Å². The fraction of sp³-hybridized carbons (Fsp3) is 0.909. The Morgan fingerprint density at radius 3 is 2.60 bits per heavy atom. The second-order valence-corrected chi connectivity index (χ2v) is 4.72. The van der Waals surface area contributed by atoms with Crippen molar-refractivity contribution in [2.24, 2.45) is 5.73 Å². The van der Waals surface area contributed by atoms with Crippen LogP contribution in [-0.4, -0.2) is 30.7 Å². The molecule has 0 unspecified atom stereocenters. The Morgan fingerprint density at radius 2 is 2.07 bits per heavy atom. The molecule has 2 fully saturated rings. The van der Waals surface area contributed by atoms with Crippen molar-refractivity contribution >= 4 is 5.91 Å². The lowest BCUT2D eigenvalue weighted by atomic mass is 10.0. The molecule has 0 aromatic carbocycles. The highest BCUT2D eigenvalue weighted by Gasteiger charge is 2.34. The number of amides is 1. The highest BCUT2D eigenvalue weighted by molar-refractivity contribution is 5.77. The Morgan fingerprint density at radius 1 is 1.40 bits per heavy atom.